The number of carbonyl (C=O) groups is 2. The van der Waals surface area contributed by atoms with Gasteiger partial charge in [0.2, 0.25) is 0 Å². The quantitative estimate of drug-likeness (QED) is 0.697. The van der Waals surface area contributed by atoms with Gasteiger partial charge in [0, 0.05) is 23.1 Å². The maximum Gasteiger partial charge on any atom is 0.319 e. The minimum atomic E-state index is -0.842. The summed E-state index contributed by atoms with van der Waals surface area (Å²) in [5.41, 5.74) is 1.81. The fourth-order valence-corrected chi connectivity index (χ4v) is 2.40. The van der Waals surface area contributed by atoms with Crippen LogP contribution in [0.15, 0.2) is 22.7 Å². The lowest BCUT2D eigenvalue weighted by Gasteiger charge is -2.15. The first kappa shape index (κ1) is 17.5. The Kier molecular flexibility index (Phi) is 7.22. The van der Waals surface area contributed by atoms with E-state index in [0.29, 0.717) is 13.0 Å². The fourth-order valence-electron chi connectivity index (χ4n) is 1.99. The summed E-state index contributed by atoms with van der Waals surface area (Å²) in [5, 5.41) is 14.3. The van der Waals surface area contributed by atoms with Gasteiger partial charge in [-0.2, -0.15) is 0 Å². The van der Waals surface area contributed by atoms with Gasteiger partial charge < -0.3 is 15.7 Å². The molecule has 1 aromatic rings. The van der Waals surface area contributed by atoms with Crippen molar-refractivity contribution in [3.05, 3.63) is 28.2 Å². The smallest absolute Gasteiger partial charge is 0.319 e. The third-order valence-electron chi connectivity index (χ3n) is 3.29. The molecule has 3 N–H and O–H groups in total. The minimum Gasteiger partial charge on any atom is -0.481 e. The Hall–Kier alpha value is -1.56. The van der Waals surface area contributed by atoms with Gasteiger partial charge in [-0.3, -0.25) is 4.79 Å². The highest BCUT2D eigenvalue weighted by molar-refractivity contribution is 9.10. The summed E-state index contributed by atoms with van der Waals surface area (Å²) in [4.78, 5) is 22.6. The molecule has 116 valence electrons. The fraction of sp³-hybridized carbons (Fsp3) is 0.467. The molecule has 0 fully saturated rings. The normalized spacial score (nSPS) is 11.8. The van der Waals surface area contributed by atoms with Crippen LogP contribution in [-0.2, 0) is 11.2 Å². The zero-order chi connectivity index (χ0) is 15.8. The Morgan fingerprint density at radius 2 is 2.05 bits per heavy atom. The molecule has 0 aliphatic carbocycles. The van der Waals surface area contributed by atoms with Gasteiger partial charge in [0.25, 0.3) is 0 Å². The van der Waals surface area contributed by atoms with Crippen LogP contribution in [0.25, 0.3) is 0 Å². The lowest BCUT2D eigenvalue weighted by molar-refractivity contribution is -0.138. The number of rotatable bonds is 7. The average molecular weight is 357 g/mol. The first-order valence-corrected chi connectivity index (χ1v) is 7.80. The first-order chi connectivity index (χ1) is 9.96. The third kappa shape index (κ3) is 6.16. The third-order valence-corrected chi connectivity index (χ3v) is 3.78. The molecule has 21 heavy (non-hydrogen) atoms. The first-order valence-electron chi connectivity index (χ1n) is 7.01. The van der Waals surface area contributed by atoms with Crippen molar-refractivity contribution in [2.24, 2.45) is 5.92 Å². The van der Waals surface area contributed by atoms with Gasteiger partial charge in [0.1, 0.15) is 0 Å². The number of halogens is 1. The van der Waals surface area contributed by atoms with E-state index < -0.39 is 5.97 Å². The van der Waals surface area contributed by atoms with Gasteiger partial charge in [0.05, 0.1) is 0 Å². The molecular weight excluding hydrogens is 336 g/mol. The van der Waals surface area contributed by atoms with E-state index in [1.165, 1.54) is 0 Å². The second-order valence-electron chi connectivity index (χ2n) is 4.86. The lowest BCUT2D eigenvalue weighted by atomic mass is 10.0. The van der Waals surface area contributed by atoms with Crippen LogP contribution in [0.5, 0.6) is 0 Å². The van der Waals surface area contributed by atoms with E-state index in [1.54, 1.807) is 0 Å². The summed E-state index contributed by atoms with van der Waals surface area (Å²) in [5.74, 6) is -0.894. The van der Waals surface area contributed by atoms with Crippen LogP contribution in [0, 0.1) is 5.92 Å². The Labute approximate surface area is 133 Å². The molecular formula is C15H21BrN2O3. The van der Waals surface area contributed by atoms with E-state index in [9.17, 15) is 9.59 Å². The number of benzene rings is 1. The SMILES string of the molecule is CCc1cc(Br)ccc1NC(=O)NCC(CC)CC(=O)O. The molecule has 2 amide bonds. The number of amides is 2. The zero-order valence-electron chi connectivity index (χ0n) is 12.3. The zero-order valence-corrected chi connectivity index (χ0v) is 13.9. The van der Waals surface area contributed by atoms with Gasteiger partial charge >= 0.3 is 12.0 Å². The van der Waals surface area contributed by atoms with Gasteiger partial charge in [-0.1, -0.05) is 36.2 Å². The summed E-state index contributed by atoms with van der Waals surface area (Å²) >= 11 is 3.40. The summed E-state index contributed by atoms with van der Waals surface area (Å²) in [7, 11) is 0. The highest BCUT2D eigenvalue weighted by Crippen LogP contribution is 2.21. The number of aryl methyl sites for hydroxylation is 1. The number of hydrogen-bond donors (Lipinski definition) is 3. The van der Waals surface area contributed by atoms with E-state index in [4.69, 9.17) is 5.11 Å². The predicted octanol–water partition coefficient (Wildman–Crippen LogP) is 3.63. The van der Waals surface area contributed by atoms with Crippen molar-refractivity contribution in [2.45, 2.75) is 33.1 Å². The van der Waals surface area contributed by atoms with Crippen LogP contribution in [0.1, 0.15) is 32.3 Å². The molecule has 0 aromatic heterocycles. The summed E-state index contributed by atoms with van der Waals surface area (Å²) in [6.07, 6.45) is 1.59. The molecule has 0 aliphatic rings. The van der Waals surface area contributed by atoms with Crippen molar-refractivity contribution in [2.75, 3.05) is 11.9 Å². The molecule has 1 rings (SSSR count). The van der Waals surface area contributed by atoms with Crippen molar-refractivity contribution in [1.29, 1.82) is 0 Å². The van der Waals surface area contributed by atoms with Gasteiger partial charge in [0.15, 0.2) is 0 Å². The number of hydrogen-bond acceptors (Lipinski definition) is 2. The molecule has 0 spiro atoms. The predicted molar refractivity (Wildman–Crippen MR) is 86.6 cm³/mol. The number of carboxylic acids is 1. The van der Waals surface area contributed by atoms with E-state index in [-0.39, 0.29) is 18.4 Å². The lowest BCUT2D eigenvalue weighted by Crippen LogP contribution is -2.33. The van der Waals surface area contributed by atoms with E-state index in [1.807, 2.05) is 32.0 Å². The van der Waals surface area contributed by atoms with Crippen LogP contribution in [0.3, 0.4) is 0 Å². The van der Waals surface area contributed by atoms with Gasteiger partial charge in [-0.15, -0.1) is 0 Å². The molecule has 0 saturated heterocycles. The Bertz CT molecular complexity index is 506. The van der Waals surface area contributed by atoms with Crippen LogP contribution in [-0.4, -0.2) is 23.7 Å². The van der Waals surface area contributed by atoms with Crippen molar-refractivity contribution >= 4 is 33.6 Å². The molecule has 5 nitrogen and oxygen atoms in total. The average Bonchev–Trinajstić information content (AvgIpc) is 2.44. The van der Waals surface area contributed by atoms with Crippen LogP contribution >= 0.6 is 15.9 Å². The molecule has 0 heterocycles. The molecule has 0 saturated carbocycles. The van der Waals surface area contributed by atoms with Crippen molar-refractivity contribution in [1.82, 2.24) is 5.32 Å². The summed E-state index contributed by atoms with van der Waals surface area (Å²) < 4.78 is 0.970. The Balaban J connectivity index is 2.55. The molecule has 0 aliphatic heterocycles. The van der Waals surface area contributed by atoms with E-state index in [0.717, 1.165) is 22.1 Å². The maximum atomic E-state index is 11.9. The van der Waals surface area contributed by atoms with E-state index in [2.05, 4.69) is 26.6 Å². The number of carboxylic acid groups (broad SMARTS) is 1. The summed E-state index contributed by atoms with van der Waals surface area (Å²) in [6.45, 7) is 4.29. The number of nitrogens with one attached hydrogen (secondary N) is 2. The second-order valence-corrected chi connectivity index (χ2v) is 5.78. The highest BCUT2D eigenvalue weighted by Gasteiger charge is 2.13. The standard InChI is InChI=1S/C15H21BrN2O3/c1-3-10(7-14(19)20)9-17-15(21)18-13-6-5-12(16)8-11(13)4-2/h5-6,8,10H,3-4,7,9H2,1-2H3,(H,19,20)(H2,17,18,21). The minimum absolute atomic E-state index is 0.0520. The van der Waals surface area contributed by atoms with Gasteiger partial charge in [-0.25, -0.2) is 4.79 Å². The van der Waals surface area contributed by atoms with E-state index >= 15 is 0 Å². The molecule has 0 radical (unpaired) electrons. The van der Waals surface area contributed by atoms with Gasteiger partial charge in [-0.05, 0) is 36.1 Å². The largest absolute Gasteiger partial charge is 0.481 e. The van der Waals surface area contributed by atoms with Crippen LogP contribution in [0.2, 0.25) is 0 Å². The molecule has 6 heteroatoms. The van der Waals surface area contributed by atoms with Crippen molar-refractivity contribution in [3.8, 4) is 0 Å². The maximum absolute atomic E-state index is 11.9. The van der Waals surface area contributed by atoms with Crippen LogP contribution < -0.4 is 10.6 Å². The van der Waals surface area contributed by atoms with Crippen molar-refractivity contribution in [3.63, 3.8) is 0 Å². The molecule has 1 aromatic carbocycles. The summed E-state index contributed by atoms with van der Waals surface area (Å²) in [6, 6.07) is 5.37. The number of anilines is 1. The number of aliphatic carboxylic acids is 1. The number of urea groups is 1. The highest BCUT2D eigenvalue weighted by atomic mass is 79.9. The Morgan fingerprint density at radius 1 is 1.33 bits per heavy atom. The van der Waals surface area contributed by atoms with Crippen molar-refractivity contribution < 1.29 is 14.7 Å². The molecule has 1 atom stereocenters. The molecule has 1 unspecified atom stereocenters. The Morgan fingerprint density at radius 3 is 2.62 bits per heavy atom. The topological polar surface area (TPSA) is 78.4 Å². The second kappa shape index (κ2) is 8.67. The van der Waals surface area contributed by atoms with Crippen LogP contribution in [0.4, 0.5) is 10.5 Å². The number of carbonyl (C=O) groups excluding carboxylic acids is 1. The monoisotopic (exact) mass is 356 g/mol. The molecule has 0 bridgehead atoms.